The lowest BCUT2D eigenvalue weighted by molar-refractivity contribution is 0.111. The molecule has 106 valence electrons. The van der Waals surface area contributed by atoms with E-state index < -0.39 is 0 Å². The van der Waals surface area contributed by atoms with E-state index in [2.05, 4.69) is 50.4 Å². The Labute approximate surface area is 116 Å². The standard InChI is InChI=1S/C16H25NO2/c1-4-10-19-15-7-5-14(6-8-15)12(2)17-16-9-11-18-13(16)3/h5-8,12-13,16-17H,4,9-11H2,1-3H3. The molecule has 3 nitrogen and oxygen atoms in total. The Morgan fingerprint density at radius 2 is 2.11 bits per heavy atom. The molecular weight excluding hydrogens is 238 g/mol. The van der Waals surface area contributed by atoms with Crippen LogP contribution in [0, 0.1) is 0 Å². The SMILES string of the molecule is CCCOc1ccc(C(C)NC2CCOC2C)cc1. The van der Waals surface area contributed by atoms with Crippen molar-refractivity contribution >= 4 is 0 Å². The fraction of sp³-hybridized carbons (Fsp3) is 0.625. The first kappa shape index (κ1) is 14.4. The fourth-order valence-electron chi connectivity index (χ4n) is 2.44. The molecule has 19 heavy (non-hydrogen) atoms. The first-order chi connectivity index (χ1) is 9.20. The van der Waals surface area contributed by atoms with E-state index >= 15 is 0 Å². The average Bonchev–Trinajstić information content (AvgIpc) is 2.82. The number of hydrogen-bond acceptors (Lipinski definition) is 3. The Bertz CT molecular complexity index is 377. The molecule has 1 aliphatic rings. The second kappa shape index (κ2) is 6.92. The van der Waals surface area contributed by atoms with Gasteiger partial charge in [-0.15, -0.1) is 0 Å². The summed E-state index contributed by atoms with van der Waals surface area (Å²) in [6.45, 7) is 8.11. The van der Waals surface area contributed by atoms with E-state index in [9.17, 15) is 0 Å². The zero-order valence-electron chi connectivity index (χ0n) is 12.2. The molecule has 3 atom stereocenters. The molecule has 0 aliphatic carbocycles. The first-order valence-corrected chi connectivity index (χ1v) is 7.31. The third-order valence-electron chi connectivity index (χ3n) is 3.69. The minimum Gasteiger partial charge on any atom is -0.494 e. The molecule has 0 aromatic heterocycles. The van der Waals surface area contributed by atoms with E-state index in [1.54, 1.807) is 0 Å². The summed E-state index contributed by atoms with van der Waals surface area (Å²) in [5.41, 5.74) is 1.29. The molecule has 1 aromatic rings. The van der Waals surface area contributed by atoms with Gasteiger partial charge in [0.2, 0.25) is 0 Å². The molecule has 1 fully saturated rings. The molecule has 3 heteroatoms. The van der Waals surface area contributed by atoms with Crippen LogP contribution >= 0.6 is 0 Å². The Kier molecular flexibility index (Phi) is 5.23. The van der Waals surface area contributed by atoms with Crippen LogP contribution in [0.1, 0.15) is 45.2 Å². The highest BCUT2D eigenvalue weighted by atomic mass is 16.5. The maximum atomic E-state index is 5.60. The van der Waals surface area contributed by atoms with Crippen LogP contribution in [0.5, 0.6) is 5.75 Å². The van der Waals surface area contributed by atoms with Crippen molar-refractivity contribution in [1.29, 1.82) is 0 Å². The minimum atomic E-state index is 0.314. The van der Waals surface area contributed by atoms with Crippen molar-refractivity contribution < 1.29 is 9.47 Å². The molecular formula is C16H25NO2. The van der Waals surface area contributed by atoms with Crippen LogP contribution in [-0.2, 0) is 4.74 Å². The van der Waals surface area contributed by atoms with E-state index in [1.807, 2.05) is 0 Å². The van der Waals surface area contributed by atoms with E-state index in [1.165, 1.54) is 5.56 Å². The Morgan fingerprint density at radius 1 is 1.37 bits per heavy atom. The largest absolute Gasteiger partial charge is 0.494 e. The summed E-state index contributed by atoms with van der Waals surface area (Å²) in [6.07, 6.45) is 2.46. The summed E-state index contributed by atoms with van der Waals surface area (Å²) < 4.78 is 11.2. The molecule has 1 aliphatic heterocycles. The topological polar surface area (TPSA) is 30.5 Å². The van der Waals surface area contributed by atoms with E-state index in [-0.39, 0.29) is 0 Å². The summed E-state index contributed by atoms with van der Waals surface area (Å²) in [7, 11) is 0. The first-order valence-electron chi connectivity index (χ1n) is 7.31. The lowest BCUT2D eigenvalue weighted by Gasteiger charge is -2.22. The van der Waals surface area contributed by atoms with Gasteiger partial charge in [0, 0.05) is 18.7 Å². The number of hydrogen-bond donors (Lipinski definition) is 1. The van der Waals surface area contributed by atoms with Crippen molar-refractivity contribution in [3.63, 3.8) is 0 Å². The van der Waals surface area contributed by atoms with Gasteiger partial charge in [-0.1, -0.05) is 19.1 Å². The fourth-order valence-corrected chi connectivity index (χ4v) is 2.44. The molecule has 1 saturated heterocycles. The number of nitrogens with one attached hydrogen (secondary N) is 1. The van der Waals surface area contributed by atoms with Gasteiger partial charge in [0.1, 0.15) is 5.75 Å². The van der Waals surface area contributed by atoms with E-state index in [0.29, 0.717) is 18.2 Å². The van der Waals surface area contributed by atoms with Gasteiger partial charge >= 0.3 is 0 Å². The molecule has 0 saturated carbocycles. The number of ether oxygens (including phenoxy) is 2. The quantitative estimate of drug-likeness (QED) is 0.854. The summed E-state index contributed by atoms with van der Waals surface area (Å²) in [6, 6.07) is 9.20. The second-order valence-corrected chi connectivity index (χ2v) is 5.28. The maximum absolute atomic E-state index is 5.60. The molecule has 0 bridgehead atoms. The molecule has 0 amide bonds. The highest BCUT2D eigenvalue weighted by Gasteiger charge is 2.25. The van der Waals surface area contributed by atoms with Crippen molar-refractivity contribution in [2.75, 3.05) is 13.2 Å². The van der Waals surface area contributed by atoms with Gasteiger partial charge in [0.15, 0.2) is 0 Å². The summed E-state index contributed by atoms with van der Waals surface area (Å²) in [5.74, 6) is 0.954. The van der Waals surface area contributed by atoms with Gasteiger partial charge in [0.05, 0.1) is 12.7 Å². The minimum absolute atomic E-state index is 0.314. The summed E-state index contributed by atoms with van der Waals surface area (Å²) in [5, 5.41) is 3.64. The zero-order valence-corrected chi connectivity index (χ0v) is 12.2. The van der Waals surface area contributed by atoms with Gasteiger partial charge in [0.25, 0.3) is 0 Å². The normalized spacial score (nSPS) is 24.4. The average molecular weight is 263 g/mol. The molecule has 1 heterocycles. The van der Waals surface area contributed by atoms with E-state index in [0.717, 1.165) is 31.8 Å². The smallest absolute Gasteiger partial charge is 0.119 e. The lowest BCUT2D eigenvalue weighted by Crippen LogP contribution is -2.36. The van der Waals surface area contributed by atoms with Crippen LogP contribution in [0.25, 0.3) is 0 Å². The van der Waals surface area contributed by atoms with Crippen molar-refractivity contribution in [1.82, 2.24) is 5.32 Å². The predicted molar refractivity (Wildman–Crippen MR) is 77.6 cm³/mol. The van der Waals surface area contributed by atoms with Crippen LogP contribution in [0.15, 0.2) is 24.3 Å². The summed E-state index contributed by atoms with van der Waals surface area (Å²) >= 11 is 0. The van der Waals surface area contributed by atoms with Crippen molar-refractivity contribution in [2.45, 2.75) is 51.8 Å². The third kappa shape index (κ3) is 3.95. The van der Waals surface area contributed by atoms with Gasteiger partial charge < -0.3 is 14.8 Å². The highest BCUT2D eigenvalue weighted by Crippen LogP contribution is 2.21. The zero-order chi connectivity index (χ0) is 13.7. The molecule has 0 spiro atoms. The van der Waals surface area contributed by atoms with Gasteiger partial charge in [-0.2, -0.15) is 0 Å². The Balaban J connectivity index is 1.89. The van der Waals surface area contributed by atoms with Gasteiger partial charge in [-0.25, -0.2) is 0 Å². The van der Waals surface area contributed by atoms with Crippen LogP contribution in [0.4, 0.5) is 0 Å². The van der Waals surface area contributed by atoms with E-state index in [4.69, 9.17) is 9.47 Å². The number of rotatable bonds is 6. The monoisotopic (exact) mass is 263 g/mol. The maximum Gasteiger partial charge on any atom is 0.119 e. The Morgan fingerprint density at radius 3 is 2.68 bits per heavy atom. The molecule has 1 aromatic carbocycles. The van der Waals surface area contributed by atoms with Gasteiger partial charge in [-0.05, 0) is 44.4 Å². The van der Waals surface area contributed by atoms with Gasteiger partial charge in [-0.3, -0.25) is 0 Å². The molecule has 1 N–H and O–H groups in total. The van der Waals surface area contributed by atoms with Crippen molar-refractivity contribution in [3.05, 3.63) is 29.8 Å². The molecule has 2 rings (SSSR count). The van der Waals surface area contributed by atoms with Crippen LogP contribution in [0.2, 0.25) is 0 Å². The van der Waals surface area contributed by atoms with Crippen LogP contribution < -0.4 is 10.1 Å². The van der Waals surface area contributed by atoms with Crippen LogP contribution in [0.3, 0.4) is 0 Å². The second-order valence-electron chi connectivity index (χ2n) is 5.28. The third-order valence-corrected chi connectivity index (χ3v) is 3.69. The molecule has 3 unspecified atom stereocenters. The predicted octanol–water partition coefficient (Wildman–Crippen LogP) is 3.30. The Hall–Kier alpha value is -1.06. The highest BCUT2D eigenvalue weighted by molar-refractivity contribution is 5.29. The van der Waals surface area contributed by atoms with Crippen LogP contribution in [-0.4, -0.2) is 25.4 Å². The lowest BCUT2D eigenvalue weighted by atomic mass is 10.1. The summed E-state index contributed by atoms with van der Waals surface area (Å²) in [4.78, 5) is 0. The van der Waals surface area contributed by atoms with Crippen molar-refractivity contribution in [3.8, 4) is 5.75 Å². The molecule has 0 radical (unpaired) electrons. The number of benzene rings is 1. The van der Waals surface area contributed by atoms with Crippen molar-refractivity contribution in [2.24, 2.45) is 0 Å².